The van der Waals surface area contributed by atoms with E-state index in [1.54, 1.807) is 0 Å². The van der Waals surface area contributed by atoms with Crippen LogP contribution in [0.25, 0.3) is 11.1 Å². The summed E-state index contributed by atoms with van der Waals surface area (Å²) in [5.74, 6) is -1.26. The van der Waals surface area contributed by atoms with Gasteiger partial charge in [0.2, 0.25) is 5.91 Å². The molecule has 1 heterocycles. The van der Waals surface area contributed by atoms with Crippen molar-refractivity contribution in [3.8, 4) is 11.1 Å². The number of hydrogen-bond acceptors (Lipinski definition) is 4. The van der Waals surface area contributed by atoms with E-state index >= 15 is 0 Å². The summed E-state index contributed by atoms with van der Waals surface area (Å²) in [6.07, 6.45) is 2.42. The number of fused-ring (bicyclic) bond motifs is 3. The van der Waals surface area contributed by atoms with E-state index in [0.29, 0.717) is 19.4 Å². The second-order valence-corrected chi connectivity index (χ2v) is 8.74. The molecule has 174 valence electrons. The maximum atomic E-state index is 12.7. The predicted octanol–water partition coefficient (Wildman–Crippen LogP) is 4.16. The van der Waals surface area contributed by atoms with E-state index in [4.69, 9.17) is 4.74 Å². The lowest BCUT2D eigenvalue weighted by atomic mass is 9.98. The summed E-state index contributed by atoms with van der Waals surface area (Å²) in [6, 6.07) is 15.2. The van der Waals surface area contributed by atoms with Crippen molar-refractivity contribution in [3.63, 3.8) is 0 Å². The number of nitrogens with one attached hydrogen (secondary N) is 1. The number of carbonyl (C=O) groups excluding carboxylic acids is 2. The van der Waals surface area contributed by atoms with Crippen LogP contribution in [0.3, 0.4) is 0 Å². The Labute approximate surface area is 193 Å². The molecule has 0 bridgehead atoms. The van der Waals surface area contributed by atoms with Crippen LogP contribution in [-0.4, -0.2) is 53.2 Å². The number of carboxylic acids is 1. The van der Waals surface area contributed by atoms with Crippen molar-refractivity contribution in [2.45, 2.75) is 57.0 Å². The maximum absolute atomic E-state index is 12.7. The molecule has 1 saturated heterocycles. The van der Waals surface area contributed by atoms with Crippen LogP contribution in [0.2, 0.25) is 0 Å². The zero-order valence-electron chi connectivity index (χ0n) is 18.8. The number of ether oxygens (including phenoxy) is 1. The number of carbonyl (C=O) groups is 3. The summed E-state index contributed by atoms with van der Waals surface area (Å²) in [5.41, 5.74) is 4.61. The monoisotopic (exact) mass is 450 g/mol. The Hall–Kier alpha value is -3.35. The number of aliphatic carboxylic acids is 1. The number of benzene rings is 2. The molecule has 33 heavy (non-hydrogen) atoms. The molecule has 2 aliphatic rings. The van der Waals surface area contributed by atoms with Gasteiger partial charge in [-0.05, 0) is 35.1 Å². The van der Waals surface area contributed by atoms with E-state index in [1.807, 2.05) is 31.2 Å². The fourth-order valence-electron chi connectivity index (χ4n) is 4.75. The third-order valence-corrected chi connectivity index (χ3v) is 6.62. The number of carboxylic acid groups (broad SMARTS) is 1. The Balaban J connectivity index is 1.37. The number of alkyl carbamates (subject to hydrolysis) is 1. The van der Waals surface area contributed by atoms with E-state index in [1.165, 1.54) is 4.90 Å². The van der Waals surface area contributed by atoms with E-state index in [2.05, 4.69) is 29.6 Å². The Morgan fingerprint density at radius 1 is 1.09 bits per heavy atom. The van der Waals surface area contributed by atoms with Crippen molar-refractivity contribution >= 4 is 18.0 Å². The fourth-order valence-corrected chi connectivity index (χ4v) is 4.75. The van der Waals surface area contributed by atoms with Crippen LogP contribution < -0.4 is 5.32 Å². The third-order valence-electron chi connectivity index (χ3n) is 6.62. The predicted molar refractivity (Wildman–Crippen MR) is 124 cm³/mol. The number of nitrogens with zero attached hydrogens (tertiary/aromatic N) is 1. The topological polar surface area (TPSA) is 95.9 Å². The van der Waals surface area contributed by atoms with Crippen LogP contribution in [0.5, 0.6) is 0 Å². The molecule has 2 N–H and O–H groups in total. The van der Waals surface area contributed by atoms with E-state index in [-0.39, 0.29) is 30.9 Å². The number of unbranched alkanes of at least 4 members (excludes halogenated alkanes) is 1. The molecular formula is C26H30N2O5. The summed E-state index contributed by atoms with van der Waals surface area (Å²) in [4.78, 5) is 37.9. The summed E-state index contributed by atoms with van der Waals surface area (Å²) in [7, 11) is 0. The van der Waals surface area contributed by atoms with Gasteiger partial charge in [0.05, 0.1) is 0 Å². The molecule has 7 nitrogen and oxygen atoms in total. The molecule has 2 aromatic carbocycles. The van der Waals surface area contributed by atoms with Gasteiger partial charge in [0, 0.05) is 24.9 Å². The van der Waals surface area contributed by atoms with Gasteiger partial charge in [-0.3, -0.25) is 4.79 Å². The molecule has 0 spiro atoms. The first-order valence-corrected chi connectivity index (χ1v) is 11.6. The van der Waals surface area contributed by atoms with Crippen molar-refractivity contribution in [2.75, 3.05) is 13.2 Å². The molecule has 1 unspecified atom stereocenters. The smallest absolute Gasteiger partial charge is 0.407 e. The van der Waals surface area contributed by atoms with Crippen molar-refractivity contribution < 1.29 is 24.2 Å². The largest absolute Gasteiger partial charge is 0.480 e. The van der Waals surface area contributed by atoms with Crippen LogP contribution >= 0.6 is 0 Å². The number of rotatable bonds is 9. The molecule has 2 atom stereocenters. The second-order valence-electron chi connectivity index (χ2n) is 8.74. The lowest BCUT2D eigenvalue weighted by molar-refractivity contribution is -0.157. The highest BCUT2D eigenvalue weighted by Gasteiger charge is 2.38. The number of likely N-dealkylation sites (tertiary alicyclic amines) is 1. The Kier molecular flexibility index (Phi) is 6.96. The molecule has 2 amide bonds. The van der Waals surface area contributed by atoms with Gasteiger partial charge in [-0.25, -0.2) is 9.59 Å². The Bertz CT molecular complexity index is 991. The summed E-state index contributed by atoms with van der Waals surface area (Å²) < 4.78 is 5.62. The third kappa shape index (κ3) is 4.87. The highest BCUT2D eigenvalue weighted by Crippen LogP contribution is 2.44. The molecule has 0 radical (unpaired) electrons. The highest BCUT2D eigenvalue weighted by molar-refractivity contribution is 5.86. The van der Waals surface area contributed by atoms with Gasteiger partial charge in [0.1, 0.15) is 12.6 Å². The van der Waals surface area contributed by atoms with E-state index in [9.17, 15) is 19.5 Å². The molecule has 0 saturated carbocycles. The molecule has 1 fully saturated rings. The standard InChI is InChI=1S/C26H30N2O5/c1-2-3-8-17(15-24(29)28-14-13-23(28)25(30)31)27-26(32)33-16-22-20-11-6-4-9-18(20)19-10-5-7-12-21(19)22/h4-7,9-12,17,22-23H,2-3,8,13-16H2,1H3,(H,27,32)(H,30,31)/t17-,23?/m0/s1. The first kappa shape index (κ1) is 22.8. The van der Waals surface area contributed by atoms with Crippen molar-refractivity contribution in [2.24, 2.45) is 0 Å². The molecule has 0 aromatic heterocycles. The first-order valence-electron chi connectivity index (χ1n) is 11.6. The Morgan fingerprint density at radius 2 is 1.73 bits per heavy atom. The highest BCUT2D eigenvalue weighted by atomic mass is 16.5. The summed E-state index contributed by atoms with van der Waals surface area (Å²) >= 11 is 0. The minimum Gasteiger partial charge on any atom is -0.480 e. The lowest BCUT2D eigenvalue weighted by Crippen LogP contribution is -2.56. The molecule has 2 aromatic rings. The van der Waals surface area contributed by atoms with Crippen LogP contribution in [0.1, 0.15) is 56.1 Å². The van der Waals surface area contributed by atoms with Gasteiger partial charge in [-0.15, -0.1) is 0 Å². The molecule has 4 rings (SSSR count). The van der Waals surface area contributed by atoms with Crippen LogP contribution in [0.15, 0.2) is 48.5 Å². The van der Waals surface area contributed by atoms with Gasteiger partial charge in [-0.1, -0.05) is 68.3 Å². The van der Waals surface area contributed by atoms with Gasteiger partial charge in [-0.2, -0.15) is 0 Å². The van der Waals surface area contributed by atoms with E-state index < -0.39 is 18.1 Å². The lowest BCUT2D eigenvalue weighted by Gasteiger charge is -2.38. The van der Waals surface area contributed by atoms with Gasteiger partial charge in [0.15, 0.2) is 0 Å². The van der Waals surface area contributed by atoms with Crippen molar-refractivity contribution in [1.82, 2.24) is 10.2 Å². The molecule has 1 aliphatic carbocycles. The molecular weight excluding hydrogens is 420 g/mol. The first-order chi connectivity index (χ1) is 16.0. The van der Waals surface area contributed by atoms with E-state index in [0.717, 1.165) is 35.1 Å². The van der Waals surface area contributed by atoms with Gasteiger partial charge >= 0.3 is 12.1 Å². The fraction of sp³-hybridized carbons (Fsp3) is 0.423. The zero-order chi connectivity index (χ0) is 23.4. The average Bonchev–Trinajstić information content (AvgIpc) is 3.08. The molecule has 7 heteroatoms. The minimum atomic E-state index is -0.982. The average molecular weight is 451 g/mol. The zero-order valence-corrected chi connectivity index (χ0v) is 18.8. The van der Waals surface area contributed by atoms with Crippen molar-refractivity contribution in [3.05, 3.63) is 59.7 Å². The number of hydrogen-bond donors (Lipinski definition) is 2. The molecule has 1 aliphatic heterocycles. The van der Waals surface area contributed by atoms with Crippen LogP contribution in [0.4, 0.5) is 4.79 Å². The normalized spacial score (nSPS) is 17.5. The summed E-state index contributed by atoms with van der Waals surface area (Å²) in [6.45, 7) is 2.70. The van der Waals surface area contributed by atoms with Crippen LogP contribution in [-0.2, 0) is 14.3 Å². The van der Waals surface area contributed by atoms with Gasteiger partial charge in [0.25, 0.3) is 0 Å². The maximum Gasteiger partial charge on any atom is 0.407 e. The summed E-state index contributed by atoms with van der Waals surface area (Å²) in [5, 5.41) is 12.0. The minimum absolute atomic E-state index is 0.0312. The van der Waals surface area contributed by atoms with Gasteiger partial charge < -0.3 is 20.1 Å². The quantitative estimate of drug-likeness (QED) is 0.598. The number of amides is 2. The van der Waals surface area contributed by atoms with Crippen molar-refractivity contribution in [1.29, 1.82) is 0 Å². The van der Waals surface area contributed by atoms with Crippen LogP contribution in [0, 0.1) is 0 Å². The SMILES string of the molecule is CCCC[C@@H](CC(=O)N1CCC1C(=O)O)NC(=O)OCC1c2ccccc2-c2ccccc21. The second kappa shape index (κ2) is 10.1. The Morgan fingerprint density at radius 3 is 2.27 bits per heavy atom.